The molecule has 0 spiro atoms. The molecule has 1 aliphatic rings. The van der Waals surface area contributed by atoms with Crippen molar-refractivity contribution in [3.63, 3.8) is 0 Å². The summed E-state index contributed by atoms with van der Waals surface area (Å²) in [5.74, 6) is 1.05. The summed E-state index contributed by atoms with van der Waals surface area (Å²) >= 11 is 5.53. The second kappa shape index (κ2) is 9.58. The number of ether oxygens (including phenoxy) is 2. The molecule has 7 nitrogen and oxygen atoms in total. The summed E-state index contributed by atoms with van der Waals surface area (Å²) in [7, 11) is 3.19. The molecular weight excluding hydrogens is 402 g/mol. The van der Waals surface area contributed by atoms with Gasteiger partial charge in [-0.2, -0.15) is 0 Å². The second-order valence-corrected chi connectivity index (χ2v) is 7.20. The van der Waals surface area contributed by atoms with E-state index < -0.39 is 6.04 Å². The van der Waals surface area contributed by atoms with Crippen LogP contribution in [0.4, 0.5) is 5.69 Å². The standard InChI is InChI=1S/C22H25N3O4S/c1-4-24-21(27)19(13-20(26)23-16-7-11-18(29-3)12-8-16)25(22(24)30)14-15-5-9-17(28-2)10-6-15/h5-12,19H,4,13-14H2,1-3H3,(H,23,26). The molecule has 8 heteroatoms. The third-order valence-electron chi connectivity index (χ3n) is 4.98. The van der Waals surface area contributed by atoms with Crippen LogP contribution in [0.3, 0.4) is 0 Å². The molecule has 1 aliphatic heterocycles. The fourth-order valence-corrected chi connectivity index (χ4v) is 3.76. The van der Waals surface area contributed by atoms with Crippen molar-refractivity contribution in [3.8, 4) is 11.5 Å². The number of hydrogen-bond acceptors (Lipinski definition) is 5. The quantitative estimate of drug-likeness (QED) is 0.653. The molecule has 0 radical (unpaired) electrons. The van der Waals surface area contributed by atoms with Crippen LogP contribution in [0.2, 0.25) is 0 Å². The molecule has 0 bridgehead atoms. The summed E-state index contributed by atoms with van der Waals surface area (Å²) in [5, 5.41) is 3.28. The van der Waals surface area contributed by atoms with Gasteiger partial charge in [-0.15, -0.1) is 0 Å². The van der Waals surface area contributed by atoms with Gasteiger partial charge in [0.25, 0.3) is 5.91 Å². The van der Waals surface area contributed by atoms with Gasteiger partial charge < -0.3 is 19.7 Å². The van der Waals surface area contributed by atoms with Crippen molar-refractivity contribution < 1.29 is 19.1 Å². The molecule has 30 heavy (non-hydrogen) atoms. The Morgan fingerprint density at radius 2 is 1.60 bits per heavy atom. The van der Waals surface area contributed by atoms with Crippen LogP contribution < -0.4 is 14.8 Å². The van der Waals surface area contributed by atoms with Crippen LogP contribution in [0.1, 0.15) is 18.9 Å². The number of rotatable bonds is 8. The van der Waals surface area contributed by atoms with Crippen molar-refractivity contribution in [2.45, 2.75) is 25.9 Å². The van der Waals surface area contributed by atoms with Crippen molar-refractivity contribution in [2.24, 2.45) is 0 Å². The number of nitrogens with one attached hydrogen (secondary N) is 1. The SMILES string of the molecule is CCN1C(=O)C(CC(=O)Nc2ccc(OC)cc2)N(Cc2ccc(OC)cc2)C1=S. The predicted octanol–water partition coefficient (Wildman–Crippen LogP) is 3.05. The molecule has 1 heterocycles. The minimum atomic E-state index is -0.641. The van der Waals surface area contributed by atoms with Gasteiger partial charge in [-0.25, -0.2) is 0 Å². The van der Waals surface area contributed by atoms with E-state index in [0.717, 1.165) is 11.3 Å². The smallest absolute Gasteiger partial charge is 0.252 e. The topological polar surface area (TPSA) is 71.1 Å². The highest BCUT2D eigenvalue weighted by molar-refractivity contribution is 7.80. The van der Waals surface area contributed by atoms with E-state index in [2.05, 4.69) is 5.32 Å². The van der Waals surface area contributed by atoms with Crippen molar-refractivity contribution in [1.29, 1.82) is 0 Å². The lowest BCUT2D eigenvalue weighted by molar-refractivity contribution is -0.130. The molecule has 1 atom stereocenters. The van der Waals surface area contributed by atoms with Crippen LogP contribution in [-0.4, -0.2) is 53.5 Å². The maximum Gasteiger partial charge on any atom is 0.252 e. The van der Waals surface area contributed by atoms with Gasteiger partial charge >= 0.3 is 0 Å². The number of likely N-dealkylation sites (N-methyl/N-ethyl adjacent to an activating group) is 1. The second-order valence-electron chi connectivity index (χ2n) is 6.84. The molecule has 2 amide bonds. The van der Waals surface area contributed by atoms with Crippen molar-refractivity contribution in [3.05, 3.63) is 54.1 Å². The highest BCUT2D eigenvalue weighted by atomic mass is 32.1. The van der Waals surface area contributed by atoms with E-state index in [-0.39, 0.29) is 18.2 Å². The number of amides is 2. The summed E-state index contributed by atoms with van der Waals surface area (Å²) in [5.41, 5.74) is 1.62. The van der Waals surface area contributed by atoms with E-state index in [4.69, 9.17) is 21.7 Å². The zero-order valence-electron chi connectivity index (χ0n) is 17.3. The van der Waals surface area contributed by atoms with Crippen LogP contribution >= 0.6 is 12.2 Å². The number of thiocarbonyl (C=S) groups is 1. The van der Waals surface area contributed by atoms with E-state index in [1.165, 1.54) is 0 Å². The zero-order chi connectivity index (χ0) is 21.7. The van der Waals surface area contributed by atoms with E-state index >= 15 is 0 Å². The van der Waals surface area contributed by atoms with Crippen LogP contribution in [0.15, 0.2) is 48.5 Å². The fourth-order valence-electron chi connectivity index (χ4n) is 3.35. The highest BCUT2D eigenvalue weighted by Gasteiger charge is 2.42. The van der Waals surface area contributed by atoms with Crippen molar-refractivity contribution in [1.82, 2.24) is 9.80 Å². The van der Waals surface area contributed by atoms with Gasteiger partial charge in [0.2, 0.25) is 5.91 Å². The van der Waals surface area contributed by atoms with Crippen LogP contribution in [0.25, 0.3) is 0 Å². The summed E-state index contributed by atoms with van der Waals surface area (Å²) in [4.78, 5) is 28.9. The summed E-state index contributed by atoms with van der Waals surface area (Å²) < 4.78 is 10.3. The molecule has 158 valence electrons. The Labute approximate surface area is 181 Å². The lowest BCUT2D eigenvalue weighted by atomic mass is 10.1. The first kappa shape index (κ1) is 21.6. The lowest BCUT2D eigenvalue weighted by Gasteiger charge is -2.24. The van der Waals surface area contributed by atoms with Crippen LogP contribution in [0, 0.1) is 0 Å². The van der Waals surface area contributed by atoms with Crippen molar-refractivity contribution >= 4 is 34.8 Å². The summed E-state index contributed by atoms with van der Waals surface area (Å²) in [6, 6.07) is 14.0. The molecule has 1 N–H and O–H groups in total. The van der Waals surface area contributed by atoms with Gasteiger partial charge in [-0.05, 0) is 61.1 Å². The van der Waals surface area contributed by atoms with E-state index in [0.29, 0.717) is 29.6 Å². The number of hydrogen-bond donors (Lipinski definition) is 1. The molecule has 1 fully saturated rings. The molecule has 3 rings (SSSR count). The molecule has 1 saturated heterocycles. The van der Waals surface area contributed by atoms with E-state index in [1.807, 2.05) is 36.1 Å². The largest absolute Gasteiger partial charge is 0.497 e. The monoisotopic (exact) mass is 427 g/mol. The Hall–Kier alpha value is -3.13. The maximum atomic E-state index is 12.9. The molecule has 0 aliphatic carbocycles. The number of carbonyl (C=O) groups excluding carboxylic acids is 2. The number of anilines is 1. The predicted molar refractivity (Wildman–Crippen MR) is 119 cm³/mol. The third kappa shape index (κ3) is 4.71. The van der Waals surface area contributed by atoms with Gasteiger partial charge in [0.15, 0.2) is 5.11 Å². The Morgan fingerprint density at radius 1 is 1.03 bits per heavy atom. The number of nitrogens with zero attached hydrogens (tertiary/aromatic N) is 2. The Kier molecular flexibility index (Phi) is 6.89. The van der Waals surface area contributed by atoms with Gasteiger partial charge in [0.05, 0.1) is 20.6 Å². The average molecular weight is 428 g/mol. The maximum absolute atomic E-state index is 12.9. The van der Waals surface area contributed by atoms with E-state index in [1.54, 1.807) is 43.4 Å². The molecule has 2 aromatic rings. The van der Waals surface area contributed by atoms with Crippen molar-refractivity contribution in [2.75, 3.05) is 26.1 Å². The third-order valence-corrected chi connectivity index (χ3v) is 5.44. The van der Waals surface area contributed by atoms with Gasteiger partial charge in [0.1, 0.15) is 17.5 Å². The lowest BCUT2D eigenvalue weighted by Crippen LogP contribution is -2.37. The normalized spacial score (nSPS) is 16.0. The van der Waals surface area contributed by atoms with Gasteiger partial charge in [0, 0.05) is 18.8 Å². The molecular formula is C22H25N3O4S. The number of carbonyl (C=O) groups is 2. The van der Waals surface area contributed by atoms with Gasteiger partial charge in [-0.1, -0.05) is 12.1 Å². The summed E-state index contributed by atoms with van der Waals surface area (Å²) in [6.45, 7) is 2.77. The van der Waals surface area contributed by atoms with Crippen LogP contribution in [-0.2, 0) is 16.1 Å². The molecule has 0 aromatic heterocycles. The molecule has 0 saturated carbocycles. The molecule has 2 aromatic carbocycles. The first-order valence-corrected chi connectivity index (χ1v) is 10.1. The van der Waals surface area contributed by atoms with Crippen LogP contribution in [0.5, 0.6) is 11.5 Å². The van der Waals surface area contributed by atoms with Gasteiger partial charge in [-0.3, -0.25) is 14.5 Å². The Bertz CT molecular complexity index is 915. The average Bonchev–Trinajstić information content (AvgIpc) is 2.98. The first-order chi connectivity index (χ1) is 14.5. The zero-order valence-corrected chi connectivity index (χ0v) is 18.1. The highest BCUT2D eigenvalue weighted by Crippen LogP contribution is 2.25. The molecule has 1 unspecified atom stereocenters. The Morgan fingerprint density at radius 3 is 2.13 bits per heavy atom. The summed E-state index contributed by atoms with van der Waals surface area (Å²) in [6.07, 6.45) is 0.0116. The number of methoxy groups -OCH3 is 2. The first-order valence-electron chi connectivity index (χ1n) is 9.65. The minimum absolute atomic E-state index is 0.0116. The fraction of sp³-hybridized carbons (Fsp3) is 0.318. The number of benzene rings is 2. The minimum Gasteiger partial charge on any atom is -0.497 e. The Balaban J connectivity index is 1.73. The van der Waals surface area contributed by atoms with E-state index in [9.17, 15) is 9.59 Å².